The number of rotatable bonds is 3. The average molecular weight is 372 g/mol. The van der Waals surface area contributed by atoms with Crippen molar-refractivity contribution in [2.45, 2.75) is 0 Å². The van der Waals surface area contributed by atoms with Gasteiger partial charge >= 0.3 is 5.97 Å². The van der Waals surface area contributed by atoms with Crippen LogP contribution in [0.15, 0.2) is 29.9 Å². The van der Waals surface area contributed by atoms with E-state index in [1.807, 2.05) is 0 Å². The largest absolute Gasteiger partial charge is 0.415 e. The SMILES string of the molecule is O=C(Oc1c(F)c(F)c(F)c(F)c1F)c1csc(-c2cccnc2)n1. The van der Waals surface area contributed by atoms with E-state index in [2.05, 4.69) is 14.7 Å². The van der Waals surface area contributed by atoms with E-state index in [9.17, 15) is 26.7 Å². The van der Waals surface area contributed by atoms with E-state index in [-0.39, 0.29) is 5.69 Å². The van der Waals surface area contributed by atoms with Crippen molar-refractivity contribution in [2.24, 2.45) is 0 Å². The number of ether oxygens (including phenoxy) is 1. The third-order valence-electron chi connectivity index (χ3n) is 2.99. The summed E-state index contributed by atoms with van der Waals surface area (Å²) in [5, 5.41) is 1.58. The monoisotopic (exact) mass is 372 g/mol. The Bertz CT molecular complexity index is 933. The second-order valence-corrected chi connectivity index (χ2v) is 5.43. The van der Waals surface area contributed by atoms with Crippen molar-refractivity contribution < 1.29 is 31.5 Å². The van der Waals surface area contributed by atoms with Gasteiger partial charge in [-0.05, 0) is 12.1 Å². The van der Waals surface area contributed by atoms with Gasteiger partial charge in [0.25, 0.3) is 0 Å². The van der Waals surface area contributed by atoms with Crippen LogP contribution in [0.1, 0.15) is 10.5 Å². The van der Waals surface area contributed by atoms with Crippen molar-refractivity contribution in [3.8, 4) is 16.3 Å². The number of carbonyl (C=O) groups is 1. The van der Waals surface area contributed by atoms with Crippen molar-refractivity contribution in [1.29, 1.82) is 0 Å². The number of benzene rings is 1. The van der Waals surface area contributed by atoms with Gasteiger partial charge in [0, 0.05) is 23.3 Å². The van der Waals surface area contributed by atoms with Crippen LogP contribution >= 0.6 is 11.3 Å². The van der Waals surface area contributed by atoms with Gasteiger partial charge in [-0.1, -0.05) is 0 Å². The molecule has 2 heterocycles. The molecule has 10 heteroatoms. The second kappa shape index (κ2) is 6.55. The first-order valence-electron chi connectivity index (χ1n) is 6.49. The standard InChI is InChI=1S/C15H5F5N2O2S/c16-8-9(17)11(19)13(12(20)10(8)18)24-15(23)7-5-25-14(22-7)6-2-1-3-21-4-6/h1-5H. The van der Waals surface area contributed by atoms with E-state index in [1.54, 1.807) is 12.1 Å². The van der Waals surface area contributed by atoms with Crippen LogP contribution < -0.4 is 4.74 Å². The molecule has 0 unspecified atom stereocenters. The van der Waals surface area contributed by atoms with Crippen molar-refractivity contribution in [3.63, 3.8) is 0 Å². The van der Waals surface area contributed by atoms with Crippen LogP contribution in [0.5, 0.6) is 5.75 Å². The minimum Gasteiger partial charge on any atom is -0.415 e. The first-order valence-corrected chi connectivity index (χ1v) is 7.37. The Hall–Kier alpha value is -2.88. The van der Waals surface area contributed by atoms with E-state index in [0.29, 0.717) is 10.6 Å². The third-order valence-corrected chi connectivity index (χ3v) is 3.88. The molecule has 1 aromatic carbocycles. The minimum atomic E-state index is -2.35. The Balaban J connectivity index is 1.91. The highest BCUT2D eigenvalue weighted by Gasteiger charge is 2.29. The Morgan fingerprint density at radius 1 is 1.00 bits per heavy atom. The molecule has 0 aliphatic heterocycles. The summed E-state index contributed by atoms with van der Waals surface area (Å²) in [4.78, 5) is 19.7. The Labute approximate surface area is 140 Å². The summed E-state index contributed by atoms with van der Waals surface area (Å²) in [5.41, 5.74) is 0.218. The fourth-order valence-electron chi connectivity index (χ4n) is 1.81. The van der Waals surface area contributed by atoms with Gasteiger partial charge in [-0.3, -0.25) is 4.98 Å². The first kappa shape index (κ1) is 17.0. The molecule has 2 aromatic heterocycles. The number of pyridine rings is 1. The lowest BCUT2D eigenvalue weighted by Gasteiger charge is -2.07. The molecule has 0 aliphatic carbocycles. The van der Waals surface area contributed by atoms with Gasteiger partial charge < -0.3 is 4.74 Å². The Kier molecular flexibility index (Phi) is 4.45. The van der Waals surface area contributed by atoms with Gasteiger partial charge in [0.2, 0.25) is 34.8 Å². The smallest absolute Gasteiger partial charge is 0.363 e. The quantitative estimate of drug-likeness (QED) is 0.228. The average Bonchev–Trinajstić information content (AvgIpc) is 3.13. The molecule has 128 valence electrons. The van der Waals surface area contributed by atoms with Crippen molar-refractivity contribution in [3.05, 3.63) is 64.7 Å². The molecule has 0 aliphatic rings. The predicted octanol–water partition coefficient (Wildman–Crippen LogP) is 4.12. The summed E-state index contributed by atoms with van der Waals surface area (Å²) in [5.74, 6) is -14.3. The summed E-state index contributed by atoms with van der Waals surface area (Å²) >= 11 is 1.01. The molecule has 0 amide bonds. The van der Waals surface area contributed by atoms with Crippen LogP contribution in [-0.4, -0.2) is 15.9 Å². The molecule has 0 radical (unpaired) electrons. The first-order chi connectivity index (χ1) is 11.9. The van der Waals surface area contributed by atoms with Crippen LogP contribution in [0.25, 0.3) is 10.6 Å². The van der Waals surface area contributed by atoms with Gasteiger partial charge in [0.05, 0.1) is 0 Å². The van der Waals surface area contributed by atoms with E-state index < -0.39 is 40.8 Å². The van der Waals surface area contributed by atoms with Crippen molar-refractivity contribution in [1.82, 2.24) is 9.97 Å². The lowest BCUT2D eigenvalue weighted by atomic mass is 10.2. The zero-order valence-electron chi connectivity index (χ0n) is 11.9. The Morgan fingerprint density at radius 3 is 2.24 bits per heavy atom. The second-order valence-electron chi connectivity index (χ2n) is 4.57. The molecule has 0 spiro atoms. The number of hydrogen-bond donors (Lipinski definition) is 0. The van der Waals surface area contributed by atoms with E-state index in [4.69, 9.17) is 0 Å². The molecule has 3 rings (SSSR count). The topological polar surface area (TPSA) is 52.1 Å². The number of esters is 1. The lowest BCUT2D eigenvalue weighted by molar-refractivity contribution is 0.0710. The molecule has 0 saturated carbocycles. The van der Waals surface area contributed by atoms with Crippen LogP contribution in [0.4, 0.5) is 22.0 Å². The van der Waals surface area contributed by atoms with Gasteiger partial charge in [0.15, 0.2) is 5.69 Å². The van der Waals surface area contributed by atoms with Gasteiger partial charge in [-0.15, -0.1) is 11.3 Å². The molecular formula is C15H5F5N2O2S. The highest BCUT2D eigenvalue weighted by molar-refractivity contribution is 7.13. The minimum absolute atomic E-state index is 0.354. The van der Waals surface area contributed by atoms with Gasteiger partial charge in [-0.25, -0.2) is 22.9 Å². The molecule has 0 N–H and O–H groups in total. The molecular weight excluding hydrogens is 367 g/mol. The normalized spacial score (nSPS) is 10.8. The fraction of sp³-hybridized carbons (Fsp3) is 0. The summed E-state index contributed by atoms with van der Waals surface area (Å²) in [6.45, 7) is 0. The third kappa shape index (κ3) is 3.07. The van der Waals surface area contributed by atoms with Gasteiger partial charge in [-0.2, -0.15) is 8.78 Å². The number of nitrogens with zero attached hydrogens (tertiary/aromatic N) is 2. The van der Waals surface area contributed by atoms with Crippen LogP contribution in [-0.2, 0) is 0 Å². The zero-order chi connectivity index (χ0) is 18.1. The van der Waals surface area contributed by atoms with Gasteiger partial charge in [0.1, 0.15) is 5.01 Å². The van der Waals surface area contributed by atoms with Crippen LogP contribution in [0.3, 0.4) is 0 Å². The molecule has 0 bridgehead atoms. The van der Waals surface area contributed by atoms with Crippen molar-refractivity contribution in [2.75, 3.05) is 0 Å². The van der Waals surface area contributed by atoms with Crippen molar-refractivity contribution >= 4 is 17.3 Å². The molecule has 0 atom stereocenters. The molecule has 4 nitrogen and oxygen atoms in total. The van der Waals surface area contributed by atoms with Crippen LogP contribution in [0.2, 0.25) is 0 Å². The maximum absolute atomic E-state index is 13.5. The number of hydrogen-bond acceptors (Lipinski definition) is 5. The molecule has 3 aromatic rings. The number of thiazole rings is 1. The summed E-state index contributed by atoms with van der Waals surface area (Å²) in [6, 6.07) is 3.29. The molecule has 0 fully saturated rings. The summed E-state index contributed by atoms with van der Waals surface area (Å²) in [6.07, 6.45) is 2.99. The summed E-state index contributed by atoms with van der Waals surface area (Å²) in [7, 11) is 0. The zero-order valence-corrected chi connectivity index (χ0v) is 12.7. The highest BCUT2D eigenvalue weighted by atomic mass is 32.1. The number of carbonyl (C=O) groups excluding carboxylic acids is 1. The maximum atomic E-state index is 13.5. The van der Waals surface area contributed by atoms with E-state index >= 15 is 0 Å². The lowest BCUT2D eigenvalue weighted by Crippen LogP contribution is -2.14. The van der Waals surface area contributed by atoms with E-state index in [1.165, 1.54) is 17.8 Å². The fourth-order valence-corrected chi connectivity index (χ4v) is 2.59. The maximum Gasteiger partial charge on any atom is 0.363 e. The highest BCUT2D eigenvalue weighted by Crippen LogP contribution is 2.30. The number of aromatic nitrogens is 2. The van der Waals surface area contributed by atoms with E-state index in [0.717, 1.165) is 11.3 Å². The predicted molar refractivity (Wildman–Crippen MR) is 76.5 cm³/mol. The molecule has 0 saturated heterocycles. The Morgan fingerprint density at radius 2 is 1.64 bits per heavy atom. The number of halogens is 5. The molecule has 25 heavy (non-hydrogen) atoms. The summed E-state index contributed by atoms with van der Waals surface area (Å²) < 4.78 is 70.6. The van der Waals surface area contributed by atoms with Crippen LogP contribution in [0, 0.1) is 29.1 Å².